The average Bonchev–Trinajstić information content (AvgIpc) is 2.71. The minimum Gasteiger partial charge on any atom is -0.480 e. The molecule has 8 heteroatoms. The lowest BCUT2D eigenvalue weighted by Crippen LogP contribution is -2.53. The van der Waals surface area contributed by atoms with Crippen molar-refractivity contribution in [3.63, 3.8) is 0 Å². The van der Waals surface area contributed by atoms with Gasteiger partial charge in [-0.2, -0.15) is 0 Å². The third-order valence-electron chi connectivity index (χ3n) is 5.88. The molecule has 0 aliphatic carbocycles. The molecule has 0 amide bonds. The Morgan fingerprint density at radius 2 is 1.87 bits per heavy atom. The molecular weight excluding hydrogens is 423 g/mol. The number of nitrogens with two attached hydrogens (primary N) is 1. The van der Waals surface area contributed by atoms with Gasteiger partial charge in [-0.15, -0.1) is 0 Å². The van der Waals surface area contributed by atoms with Crippen molar-refractivity contribution in [2.24, 2.45) is 5.73 Å². The SMILES string of the molecule is NCCCCC1(C(=O)O)CN(Cc2ccccc2-c2ccc(Cl)cc2)CCP1(=O)O. The molecule has 2 atom stereocenters. The zero-order valence-electron chi connectivity index (χ0n) is 16.8. The third-order valence-corrected chi connectivity index (χ3v) is 8.83. The average molecular weight is 451 g/mol. The van der Waals surface area contributed by atoms with E-state index >= 15 is 0 Å². The van der Waals surface area contributed by atoms with Crippen LogP contribution in [0, 0.1) is 0 Å². The summed E-state index contributed by atoms with van der Waals surface area (Å²) in [5.74, 6) is -1.19. The molecule has 162 valence electrons. The Morgan fingerprint density at radius 3 is 2.53 bits per heavy atom. The number of carboxylic acids is 1. The van der Waals surface area contributed by atoms with E-state index in [9.17, 15) is 19.4 Å². The summed E-state index contributed by atoms with van der Waals surface area (Å²) in [7, 11) is -3.84. The van der Waals surface area contributed by atoms with Gasteiger partial charge in [-0.05, 0) is 48.2 Å². The Kier molecular flexibility index (Phi) is 7.38. The molecule has 1 saturated heterocycles. The number of aliphatic carboxylic acids is 1. The first-order valence-electron chi connectivity index (χ1n) is 10.1. The van der Waals surface area contributed by atoms with Crippen molar-refractivity contribution in [1.82, 2.24) is 4.90 Å². The van der Waals surface area contributed by atoms with Crippen LogP contribution in [0.4, 0.5) is 0 Å². The zero-order valence-corrected chi connectivity index (χ0v) is 18.5. The fourth-order valence-electron chi connectivity index (χ4n) is 4.14. The molecule has 3 rings (SSSR count). The number of carbonyl (C=O) groups is 1. The number of benzene rings is 2. The quantitative estimate of drug-likeness (QED) is 0.414. The Morgan fingerprint density at radius 1 is 1.17 bits per heavy atom. The highest BCUT2D eigenvalue weighted by Crippen LogP contribution is 2.59. The lowest BCUT2D eigenvalue weighted by atomic mass is 9.97. The smallest absolute Gasteiger partial charge is 0.320 e. The van der Waals surface area contributed by atoms with Crippen molar-refractivity contribution < 1.29 is 19.4 Å². The van der Waals surface area contributed by atoms with Gasteiger partial charge in [-0.1, -0.05) is 54.4 Å². The molecule has 0 aromatic heterocycles. The highest BCUT2D eigenvalue weighted by molar-refractivity contribution is 7.61. The van der Waals surface area contributed by atoms with Gasteiger partial charge in [-0.3, -0.25) is 14.3 Å². The zero-order chi connectivity index (χ0) is 21.8. The van der Waals surface area contributed by atoms with Crippen LogP contribution in [0.5, 0.6) is 0 Å². The maximum atomic E-state index is 12.9. The van der Waals surface area contributed by atoms with E-state index in [4.69, 9.17) is 17.3 Å². The molecule has 0 bridgehead atoms. The highest BCUT2D eigenvalue weighted by Gasteiger charge is 2.56. The molecular formula is C22H28ClN2O4P. The summed E-state index contributed by atoms with van der Waals surface area (Å²) < 4.78 is 12.9. The van der Waals surface area contributed by atoms with Crippen LogP contribution >= 0.6 is 19.0 Å². The van der Waals surface area contributed by atoms with Gasteiger partial charge >= 0.3 is 5.97 Å². The van der Waals surface area contributed by atoms with Crippen LogP contribution in [0.2, 0.25) is 5.02 Å². The molecule has 4 N–H and O–H groups in total. The van der Waals surface area contributed by atoms with Crippen molar-refractivity contribution in [3.05, 3.63) is 59.1 Å². The minimum atomic E-state index is -3.84. The van der Waals surface area contributed by atoms with Crippen molar-refractivity contribution >= 4 is 24.9 Å². The van der Waals surface area contributed by atoms with Crippen LogP contribution in [0.15, 0.2) is 48.5 Å². The molecule has 6 nitrogen and oxygen atoms in total. The minimum absolute atomic E-state index is 0.0228. The van der Waals surface area contributed by atoms with E-state index in [1.165, 1.54) is 0 Å². The summed E-state index contributed by atoms with van der Waals surface area (Å²) in [4.78, 5) is 24.8. The van der Waals surface area contributed by atoms with Crippen molar-refractivity contribution in [2.75, 3.05) is 25.8 Å². The van der Waals surface area contributed by atoms with Gasteiger partial charge in [-0.25, -0.2) is 0 Å². The molecule has 2 aromatic carbocycles. The summed E-state index contributed by atoms with van der Waals surface area (Å²) in [5.41, 5.74) is 8.64. The summed E-state index contributed by atoms with van der Waals surface area (Å²) >= 11 is 6.01. The number of unbranched alkanes of at least 4 members (excludes halogenated alkanes) is 1. The van der Waals surface area contributed by atoms with Crippen LogP contribution in [0.25, 0.3) is 11.1 Å². The van der Waals surface area contributed by atoms with Gasteiger partial charge in [0, 0.05) is 30.8 Å². The fraction of sp³-hybridized carbons (Fsp3) is 0.409. The lowest BCUT2D eigenvalue weighted by Gasteiger charge is -2.43. The van der Waals surface area contributed by atoms with Crippen LogP contribution in [-0.4, -0.2) is 51.8 Å². The van der Waals surface area contributed by atoms with E-state index in [1.54, 1.807) is 0 Å². The van der Waals surface area contributed by atoms with Gasteiger partial charge in [0.05, 0.1) is 0 Å². The second kappa shape index (κ2) is 9.63. The highest BCUT2D eigenvalue weighted by atomic mass is 35.5. The molecule has 0 spiro atoms. The van der Waals surface area contributed by atoms with Crippen LogP contribution in [0.3, 0.4) is 0 Å². The molecule has 30 heavy (non-hydrogen) atoms. The summed E-state index contributed by atoms with van der Waals surface area (Å²) in [6.45, 7) is 1.37. The van der Waals surface area contributed by atoms with E-state index in [0.29, 0.717) is 37.5 Å². The largest absolute Gasteiger partial charge is 0.480 e. The number of carboxylic acid groups (broad SMARTS) is 1. The van der Waals surface area contributed by atoms with Crippen molar-refractivity contribution in [2.45, 2.75) is 31.0 Å². The topological polar surface area (TPSA) is 104 Å². The number of rotatable bonds is 8. The Labute approximate surface area is 182 Å². The van der Waals surface area contributed by atoms with Gasteiger partial charge in [0.2, 0.25) is 7.37 Å². The lowest BCUT2D eigenvalue weighted by molar-refractivity contribution is -0.141. The second-order valence-electron chi connectivity index (χ2n) is 7.88. The molecule has 1 aliphatic heterocycles. The van der Waals surface area contributed by atoms with E-state index in [0.717, 1.165) is 16.7 Å². The first kappa shape index (κ1) is 23.0. The van der Waals surface area contributed by atoms with Crippen molar-refractivity contribution in [3.8, 4) is 11.1 Å². The Hall–Kier alpha value is -1.69. The molecule has 0 saturated carbocycles. The predicted molar refractivity (Wildman–Crippen MR) is 120 cm³/mol. The third kappa shape index (κ3) is 4.79. The standard InChI is InChI=1S/C22H28ClN2O4P/c23-19-9-7-17(8-10-19)20-6-2-1-5-18(20)15-25-13-14-30(28,29)22(16-25,21(26)27)11-3-4-12-24/h1-2,5-10H,3-4,11-16,24H2,(H,26,27)(H,28,29). The summed E-state index contributed by atoms with van der Waals surface area (Å²) in [6.07, 6.45) is 1.28. The number of halogens is 1. The van der Waals surface area contributed by atoms with E-state index in [-0.39, 0.29) is 19.1 Å². The predicted octanol–water partition coefficient (Wildman–Crippen LogP) is 4.05. The summed E-state index contributed by atoms with van der Waals surface area (Å²) in [6, 6.07) is 15.5. The number of hydrogen-bond donors (Lipinski definition) is 3. The van der Waals surface area contributed by atoms with Crippen LogP contribution < -0.4 is 5.73 Å². The number of hydrogen-bond acceptors (Lipinski definition) is 4. The molecule has 2 unspecified atom stereocenters. The van der Waals surface area contributed by atoms with Crippen molar-refractivity contribution in [1.29, 1.82) is 0 Å². The van der Waals surface area contributed by atoms with E-state index < -0.39 is 18.5 Å². The van der Waals surface area contributed by atoms with E-state index in [1.807, 2.05) is 53.4 Å². The molecule has 1 heterocycles. The molecule has 0 radical (unpaired) electrons. The normalized spacial score (nSPS) is 24.6. The summed E-state index contributed by atoms with van der Waals surface area (Å²) in [5, 5.41) is 8.98. The Bertz CT molecular complexity index is 937. The van der Waals surface area contributed by atoms with Gasteiger partial charge in [0.15, 0.2) is 5.16 Å². The fourth-order valence-corrected chi connectivity index (χ4v) is 6.47. The van der Waals surface area contributed by atoms with Crippen LogP contribution in [0.1, 0.15) is 24.8 Å². The van der Waals surface area contributed by atoms with Crippen LogP contribution in [-0.2, 0) is 15.9 Å². The van der Waals surface area contributed by atoms with Gasteiger partial charge < -0.3 is 15.7 Å². The van der Waals surface area contributed by atoms with Gasteiger partial charge in [0.25, 0.3) is 0 Å². The molecule has 2 aromatic rings. The second-order valence-corrected chi connectivity index (χ2v) is 11.0. The van der Waals surface area contributed by atoms with E-state index in [2.05, 4.69) is 0 Å². The first-order valence-corrected chi connectivity index (χ1v) is 12.3. The first-order chi connectivity index (χ1) is 14.3. The van der Waals surface area contributed by atoms with Gasteiger partial charge in [0.1, 0.15) is 0 Å². The molecule has 1 fully saturated rings. The maximum absolute atomic E-state index is 12.9. The monoisotopic (exact) mass is 450 g/mol. The Balaban J connectivity index is 1.87. The number of nitrogens with zero attached hydrogens (tertiary/aromatic N) is 1. The maximum Gasteiger partial charge on any atom is 0.320 e. The molecule has 1 aliphatic rings.